The van der Waals surface area contributed by atoms with Crippen molar-refractivity contribution < 1.29 is 19.4 Å². The van der Waals surface area contributed by atoms with Crippen LogP contribution in [-0.2, 0) is 0 Å². The van der Waals surface area contributed by atoms with Crippen LogP contribution in [0.25, 0.3) is 10.8 Å². The van der Waals surface area contributed by atoms with Crippen LogP contribution >= 0.6 is 0 Å². The lowest BCUT2D eigenvalue weighted by Crippen LogP contribution is -2.25. The third-order valence-electron chi connectivity index (χ3n) is 4.77. The van der Waals surface area contributed by atoms with Crippen molar-refractivity contribution in [2.75, 3.05) is 25.1 Å². The zero-order valence-electron chi connectivity index (χ0n) is 15.3. The Bertz CT molecular complexity index is 1110. The number of benzene rings is 2. The largest absolute Gasteiger partial charge is 0.486 e. The van der Waals surface area contributed by atoms with Crippen LogP contribution in [0.2, 0.25) is 0 Å². The molecule has 2 N–H and O–H groups in total. The number of rotatable bonds is 4. The van der Waals surface area contributed by atoms with E-state index in [1.807, 2.05) is 0 Å². The summed E-state index contributed by atoms with van der Waals surface area (Å²) in [6.45, 7) is 2.45. The van der Waals surface area contributed by atoms with Gasteiger partial charge in [0.15, 0.2) is 11.5 Å². The van der Waals surface area contributed by atoms with Crippen molar-refractivity contribution in [3.8, 4) is 11.5 Å². The highest BCUT2D eigenvalue weighted by atomic mass is 16.6. The molecule has 0 aliphatic carbocycles. The monoisotopic (exact) mass is 380 g/mol. The third kappa shape index (κ3) is 3.10. The summed E-state index contributed by atoms with van der Waals surface area (Å²) in [6.07, 6.45) is 1.63. The van der Waals surface area contributed by atoms with E-state index >= 15 is 0 Å². The van der Waals surface area contributed by atoms with Crippen LogP contribution in [0.15, 0.2) is 53.5 Å². The second kappa shape index (κ2) is 7.36. The summed E-state index contributed by atoms with van der Waals surface area (Å²) in [5.74, 6) is 0.617. The minimum absolute atomic E-state index is 0.136. The van der Waals surface area contributed by atoms with E-state index in [2.05, 4.69) is 5.32 Å². The van der Waals surface area contributed by atoms with Crippen molar-refractivity contribution in [2.24, 2.45) is 0 Å². The lowest BCUT2D eigenvalue weighted by atomic mass is 10.1. The molecule has 1 atom stereocenters. The molecule has 144 valence electrons. The van der Waals surface area contributed by atoms with Crippen LogP contribution in [0.3, 0.4) is 0 Å². The van der Waals surface area contributed by atoms with Gasteiger partial charge in [-0.2, -0.15) is 0 Å². The molecule has 2 aromatic carbocycles. The Morgan fingerprint density at radius 2 is 1.93 bits per heavy atom. The maximum absolute atomic E-state index is 12.9. The summed E-state index contributed by atoms with van der Waals surface area (Å²) in [5, 5.41) is 13.3. The van der Waals surface area contributed by atoms with Gasteiger partial charge >= 0.3 is 0 Å². The molecule has 28 heavy (non-hydrogen) atoms. The molecule has 3 aromatic rings. The maximum Gasteiger partial charge on any atom is 0.259 e. The molecule has 0 saturated heterocycles. The van der Waals surface area contributed by atoms with E-state index in [4.69, 9.17) is 9.47 Å². The maximum atomic E-state index is 12.9. The minimum atomic E-state index is -0.345. The summed E-state index contributed by atoms with van der Waals surface area (Å²) in [7, 11) is 0. The van der Waals surface area contributed by atoms with Gasteiger partial charge in [-0.1, -0.05) is 12.1 Å². The number of carbonyl (C=O) groups excluding carboxylic acids is 1. The van der Waals surface area contributed by atoms with Gasteiger partial charge in [0.1, 0.15) is 13.2 Å². The van der Waals surface area contributed by atoms with Crippen LogP contribution in [0.4, 0.5) is 5.69 Å². The molecule has 1 aromatic heterocycles. The number of nitrogens with zero attached hydrogens (tertiary/aromatic N) is 1. The van der Waals surface area contributed by atoms with Crippen LogP contribution in [0.1, 0.15) is 23.3 Å². The minimum Gasteiger partial charge on any atom is -0.486 e. The number of pyridine rings is 1. The first-order valence-corrected chi connectivity index (χ1v) is 9.05. The van der Waals surface area contributed by atoms with Gasteiger partial charge in [0.25, 0.3) is 11.5 Å². The van der Waals surface area contributed by atoms with E-state index in [1.165, 1.54) is 4.57 Å². The second-order valence-corrected chi connectivity index (χ2v) is 6.61. The predicted molar refractivity (Wildman–Crippen MR) is 105 cm³/mol. The second-order valence-electron chi connectivity index (χ2n) is 6.61. The summed E-state index contributed by atoms with van der Waals surface area (Å²) in [6, 6.07) is 11.8. The average Bonchev–Trinajstić information content (AvgIpc) is 2.73. The van der Waals surface area contributed by atoms with Gasteiger partial charge in [-0.25, -0.2) is 0 Å². The molecule has 1 unspecified atom stereocenters. The highest BCUT2D eigenvalue weighted by molar-refractivity contribution is 6.10. The number of aliphatic hydroxyl groups is 1. The number of fused-ring (bicyclic) bond motifs is 2. The molecule has 7 heteroatoms. The SMILES string of the molecule is CC(CO)n1ccc2c(NC(=O)c3cccc4c3OCCO4)cccc2c1=O. The van der Waals surface area contributed by atoms with E-state index in [9.17, 15) is 14.7 Å². The van der Waals surface area contributed by atoms with Crippen molar-refractivity contribution in [1.82, 2.24) is 4.57 Å². The molecule has 2 heterocycles. The number of ether oxygens (including phenoxy) is 2. The molecule has 0 bridgehead atoms. The molecule has 0 saturated carbocycles. The highest BCUT2D eigenvalue weighted by Crippen LogP contribution is 2.34. The van der Waals surface area contributed by atoms with Gasteiger partial charge in [0, 0.05) is 22.7 Å². The van der Waals surface area contributed by atoms with Crippen molar-refractivity contribution in [3.63, 3.8) is 0 Å². The van der Waals surface area contributed by atoms with E-state index in [0.717, 1.165) is 0 Å². The Kier molecular flexibility index (Phi) is 4.75. The van der Waals surface area contributed by atoms with E-state index < -0.39 is 0 Å². The molecular formula is C21H20N2O5. The number of anilines is 1. The number of aromatic nitrogens is 1. The Hall–Kier alpha value is -3.32. The van der Waals surface area contributed by atoms with Gasteiger partial charge in [0.05, 0.1) is 18.2 Å². The average molecular weight is 380 g/mol. The Labute approximate surface area is 161 Å². The molecular weight excluding hydrogens is 360 g/mol. The van der Waals surface area contributed by atoms with Crippen molar-refractivity contribution in [1.29, 1.82) is 0 Å². The topological polar surface area (TPSA) is 89.8 Å². The number of carbonyl (C=O) groups is 1. The first-order chi connectivity index (χ1) is 13.6. The lowest BCUT2D eigenvalue weighted by molar-refractivity contribution is 0.101. The number of para-hydroxylation sites is 1. The van der Waals surface area contributed by atoms with Gasteiger partial charge < -0.3 is 24.5 Å². The Morgan fingerprint density at radius 1 is 1.14 bits per heavy atom. The predicted octanol–water partition coefficient (Wildman–Crippen LogP) is 2.58. The van der Waals surface area contributed by atoms with E-state index in [1.54, 1.807) is 55.6 Å². The quantitative estimate of drug-likeness (QED) is 0.726. The standard InChI is InChI=1S/C21H20N2O5/c1-13(12-24)23-9-8-14-15(21(23)26)4-2-6-17(14)22-20(25)16-5-3-7-18-19(16)28-11-10-27-18/h2-9,13,24H,10-12H2,1H3,(H,22,25). The van der Waals surface area contributed by atoms with Crippen molar-refractivity contribution in [2.45, 2.75) is 13.0 Å². The molecule has 1 amide bonds. The molecule has 7 nitrogen and oxygen atoms in total. The molecule has 0 radical (unpaired) electrons. The first-order valence-electron chi connectivity index (χ1n) is 9.05. The Morgan fingerprint density at radius 3 is 2.75 bits per heavy atom. The van der Waals surface area contributed by atoms with Gasteiger partial charge in [-0.15, -0.1) is 0 Å². The summed E-state index contributed by atoms with van der Waals surface area (Å²) in [5.41, 5.74) is 0.679. The molecule has 1 aliphatic rings. The van der Waals surface area contributed by atoms with Crippen molar-refractivity contribution >= 4 is 22.4 Å². The number of amides is 1. The zero-order valence-corrected chi connectivity index (χ0v) is 15.3. The van der Waals surface area contributed by atoms with Crippen LogP contribution < -0.4 is 20.3 Å². The highest BCUT2D eigenvalue weighted by Gasteiger charge is 2.21. The van der Waals surface area contributed by atoms with E-state index in [0.29, 0.717) is 46.7 Å². The summed E-state index contributed by atoms with van der Waals surface area (Å²) >= 11 is 0. The fourth-order valence-electron chi connectivity index (χ4n) is 3.28. The smallest absolute Gasteiger partial charge is 0.259 e. The zero-order chi connectivity index (χ0) is 19.7. The van der Waals surface area contributed by atoms with Gasteiger partial charge in [-0.05, 0) is 37.3 Å². The Balaban J connectivity index is 1.72. The fourth-order valence-corrected chi connectivity index (χ4v) is 3.28. The lowest BCUT2D eigenvalue weighted by Gasteiger charge is -2.20. The van der Waals surface area contributed by atoms with Crippen LogP contribution in [-0.4, -0.2) is 35.4 Å². The number of hydrogen-bond acceptors (Lipinski definition) is 5. The third-order valence-corrected chi connectivity index (χ3v) is 4.77. The fraction of sp³-hybridized carbons (Fsp3) is 0.238. The number of nitrogens with one attached hydrogen (secondary N) is 1. The summed E-state index contributed by atoms with van der Waals surface area (Å²) in [4.78, 5) is 25.6. The summed E-state index contributed by atoms with van der Waals surface area (Å²) < 4.78 is 12.6. The van der Waals surface area contributed by atoms with Crippen LogP contribution in [0.5, 0.6) is 11.5 Å². The van der Waals surface area contributed by atoms with Crippen LogP contribution in [0, 0.1) is 0 Å². The number of hydrogen-bond donors (Lipinski definition) is 2. The normalized spacial score (nSPS) is 13.9. The molecule has 0 spiro atoms. The first kappa shape index (κ1) is 18.1. The molecule has 0 fully saturated rings. The van der Waals surface area contributed by atoms with E-state index in [-0.39, 0.29) is 24.1 Å². The van der Waals surface area contributed by atoms with Gasteiger partial charge in [-0.3, -0.25) is 9.59 Å². The number of aliphatic hydroxyl groups excluding tert-OH is 1. The van der Waals surface area contributed by atoms with Crippen molar-refractivity contribution in [3.05, 3.63) is 64.6 Å². The molecule has 1 aliphatic heterocycles. The van der Waals surface area contributed by atoms with Gasteiger partial charge in [0.2, 0.25) is 0 Å². The molecule has 4 rings (SSSR count).